The molecule has 2 aromatic carbocycles. The second kappa shape index (κ2) is 7.73. The molecule has 2 atom stereocenters. The van der Waals surface area contributed by atoms with E-state index < -0.39 is 0 Å². The van der Waals surface area contributed by atoms with Crippen molar-refractivity contribution in [3.63, 3.8) is 0 Å². The van der Waals surface area contributed by atoms with E-state index in [-0.39, 0.29) is 17.9 Å². The molecule has 2 unspecified atom stereocenters. The van der Waals surface area contributed by atoms with Crippen molar-refractivity contribution in [1.29, 1.82) is 0 Å². The van der Waals surface area contributed by atoms with Gasteiger partial charge in [-0.15, -0.1) is 0 Å². The number of carbonyl (C=O) groups excluding carboxylic acids is 1. The van der Waals surface area contributed by atoms with E-state index in [4.69, 9.17) is 10.5 Å². The highest BCUT2D eigenvalue weighted by Crippen LogP contribution is 2.30. The number of nitrogens with two attached hydrogens (primary N) is 1. The lowest BCUT2D eigenvalue weighted by Crippen LogP contribution is -2.23. The number of rotatable bonds is 5. The van der Waals surface area contributed by atoms with Crippen LogP contribution in [0, 0.1) is 5.92 Å². The van der Waals surface area contributed by atoms with Gasteiger partial charge in [-0.25, -0.2) is 0 Å². The van der Waals surface area contributed by atoms with Crippen LogP contribution in [-0.4, -0.2) is 19.1 Å². The molecule has 3 N–H and O–H groups in total. The fourth-order valence-electron chi connectivity index (χ4n) is 2.89. The van der Waals surface area contributed by atoms with Crippen LogP contribution in [0.4, 0.5) is 5.69 Å². The summed E-state index contributed by atoms with van der Waals surface area (Å²) in [5.41, 5.74) is 6.71. The number of anilines is 1. The summed E-state index contributed by atoms with van der Waals surface area (Å²) in [5.74, 6) is 0.982. The zero-order valence-corrected chi connectivity index (χ0v) is 14.5. The molecular weight excluding hydrogens is 320 g/mol. The van der Waals surface area contributed by atoms with E-state index in [0.717, 1.165) is 40.5 Å². The minimum absolute atomic E-state index is 0.0494. The van der Waals surface area contributed by atoms with Crippen LogP contribution in [-0.2, 0) is 4.79 Å². The van der Waals surface area contributed by atoms with E-state index in [1.54, 1.807) is 18.9 Å². The predicted molar refractivity (Wildman–Crippen MR) is 97.5 cm³/mol. The van der Waals surface area contributed by atoms with Crippen LogP contribution >= 0.6 is 11.8 Å². The highest BCUT2D eigenvalue weighted by atomic mass is 32.2. The fraction of sp³-hybridized carbons (Fsp3) is 0.316. The molecular formula is C19H22N2O2S. The Balaban J connectivity index is 1.57. The van der Waals surface area contributed by atoms with Gasteiger partial charge in [0.1, 0.15) is 5.75 Å². The molecule has 3 rings (SSSR count). The van der Waals surface area contributed by atoms with Gasteiger partial charge in [0.25, 0.3) is 0 Å². The Morgan fingerprint density at radius 1 is 1.08 bits per heavy atom. The van der Waals surface area contributed by atoms with Crippen LogP contribution in [0.2, 0.25) is 0 Å². The van der Waals surface area contributed by atoms with Gasteiger partial charge >= 0.3 is 0 Å². The number of nitrogens with one attached hydrogen (secondary N) is 1. The average molecular weight is 342 g/mol. The van der Waals surface area contributed by atoms with Gasteiger partial charge in [0.2, 0.25) is 5.91 Å². The summed E-state index contributed by atoms with van der Waals surface area (Å²) in [6, 6.07) is 16.0. The van der Waals surface area contributed by atoms with Gasteiger partial charge in [-0.1, -0.05) is 11.8 Å². The van der Waals surface area contributed by atoms with Gasteiger partial charge in [0.05, 0.1) is 7.11 Å². The van der Waals surface area contributed by atoms with E-state index in [2.05, 4.69) is 5.32 Å². The quantitative estimate of drug-likeness (QED) is 0.864. The molecule has 24 heavy (non-hydrogen) atoms. The molecule has 0 saturated heterocycles. The Kier molecular flexibility index (Phi) is 5.43. The molecule has 0 aromatic heterocycles. The molecule has 126 valence electrons. The van der Waals surface area contributed by atoms with Crippen molar-refractivity contribution in [3.8, 4) is 5.75 Å². The first-order valence-corrected chi connectivity index (χ1v) is 8.94. The molecule has 1 saturated carbocycles. The zero-order valence-electron chi connectivity index (χ0n) is 13.7. The number of hydrogen-bond acceptors (Lipinski definition) is 4. The smallest absolute Gasteiger partial charge is 0.227 e. The number of ether oxygens (including phenoxy) is 1. The van der Waals surface area contributed by atoms with Crippen LogP contribution in [0.1, 0.15) is 19.3 Å². The Labute approximate surface area is 146 Å². The maximum absolute atomic E-state index is 12.2. The van der Waals surface area contributed by atoms with Crippen LogP contribution in [0.15, 0.2) is 58.3 Å². The van der Waals surface area contributed by atoms with Crippen LogP contribution in [0.5, 0.6) is 5.75 Å². The summed E-state index contributed by atoms with van der Waals surface area (Å²) in [6.45, 7) is 0. The molecule has 1 amide bonds. The third-order valence-corrected chi connectivity index (χ3v) is 5.28. The minimum atomic E-state index is 0.0494. The topological polar surface area (TPSA) is 64.3 Å². The first kappa shape index (κ1) is 16.9. The van der Waals surface area contributed by atoms with Crippen LogP contribution in [0.3, 0.4) is 0 Å². The molecule has 0 radical (unpaired) electrons. The fourth-order valence-corrected chi connectivity index (χ4v) is 3.70. The monoisotopic (exact) mass is 342 g/mol. The lowest BCUT2D eigenvalue weighted by atomic mass is 10.1. The lowest BCUT2D eigenvalue weighted by Gasteiger charge is -2.11. The molecule has 4 nitrogen and oxygen atoms in total. The number of benzene rings is 2. The number of methoxy groups -OCH3 is 1. The first-order valence-electron chi connectivity index (χ1n) is 8.12. The Morgan fingerprint density at radius 2 is 1.71 bits per heavy atom. The number of carbonyl (C=O) groups is 1. The molecule has 1 aliphatic carbocycles. The van der Waals surface area contributed by atoms with E-state index in [0.29, 0.717) is 0 Å². The van der Waals surface area contributed by atoms with Gasteiger partial charge in [-0.3, -0.25) is 4.79 Å². The van der Waals surface area contributed by atoms with E-state index in [1.807, 2.05) is 48.5 Å². The predicted octanol–water partition coefficient (Wildman–Crippen LogP) is 3.91. The third kappa shape index (κ3) is 4.30. The van der Waals surface area contributed by atoms with Gasteiger partial charge in [-0.05, 0) is 67.8 Å². The van der Waals surface area contributed by atoms with Crippen molar-refractivity contribution in [2.24, 2.45) is 11.7 Å². The standard InChI is InChI=1S/C19H22N2O2S/c1-23-16-6-10-18(11-7-16)24-17-8-4-15(5-9-17)21-19(22)13-2-3-14(20)12-13/h4-11,13-14H,2-3,12,20H2,1H3,(H,21,22). The SMILES string of the molecule is COc1ccc(Sc2ccc(NC(=O)C3CCC(N)C3)cc2)cc1. The van der Waals surface area contributed by atoms with Crippen molar-refractivity contribution in [2.75, 3.05) is 12.4 Å². The summed E-state index contributed by atoms with van der Waals surface area (Å²) in [5, 5.41) is 2.99. The highest BCUT2D eigenvalue weighted by molar-refractivity contribution is 7.99. The molecule has 2 aromatic rings. The van der Waals surface area contributed by atoms with Crippen LogP contribution < -0.4 is 15.8 Å². The summed E-state index contributed by atoms with van der Waals surface area (Å²) < 4.78 is 5.16. The average Bonchev–Trinajstić information content (AvgIpc) is 3.04. The first-order chi connectivity index (χ1) is 11.6. The molecule has 0 spiro atoms. The normalized spacial score (nSPS) is 19.9. The van der Waals surface area contributed by atoms with Gasteiger partial charge in [0.15, 0.2) is 0 Å². The molecule has 0 bridgehead atoms. The Hall–Kier alpha value is -1.98. The number of amides is 1. The largest absolute Gasteiger partial charge is 0.497 e. The second-order valence-electron chi connectivity index (χ2n) is 6.06. The Morgan fingerprint density at radius 3 is 2.25 bits per heavy atom. The summed E-state index contributed by atoms with van der Waals surface area (Å²) in [4.78, 5) is 14.5. The van der Waals surface area contributed by atoms with Gasteiger partial charge in [-0.2, -0.15) is 0 Å². The van der Waals surface area contributed by atoms with Crippen molar-refractivity contribution in [2.45, 2.75) is 35.1 Å². The van der Waals surface area contributed by atoms with Crippen LogP contribution in [0.25, 0.3) is 0 Å². The van der Waals surface area contributed by atoms with E-state index in [1.165, 1.54) is 0 Å². The van der Waals surface area contributed by atoms with E-state index >= 15 is 0 Å². The van der Waals surface area contributed by atoms with Crippen molar-refractivity contribution in [3.05, 3.63) is 48.5 Å². The zero-order chi connectivity index (χ0) is 16.9. The molecule has 1 aliphatic rings. The van der Waals surface area contributed by atoms with E-state index in [9.17, 15) is 4.79 Å². The molecule has 5 heteroatoms. The molecule has 0 aliphatic heterocycles. The molecule has 1 fully saturated rings. The van der Waals surface area contributed by atoms with Crippen molar-refractivity contribution in [1.82, 2.24) is 0 Å². The highest BCUT2D eigenvalue weighted by Gasteiger charge is 2.27. The maximum Gasteiger partial charge on any atom is 0.227 e. The van der Waals surface area contributed by atoms with Crippen molar-refractivity contribution < 1.29 is 9.53 Å². The minimum Gasteiger partial charge on any atom is -0.497 e. The summed E-state index contributed by atoms with van der Waals surface area (Å²) in [7, 11) is 1.66. The number of hydrogen-bond donors (Lipinski definition) is 2. The van der Waals surface area contributed by atoms with Gasteiger partial charge in [0, 0.05) is 27.4 Å². The van der Waals surface area contributed by atoms with Crippen molar-refractivity contribution >= 4 is 23.4 Å². The molecule has 0 heterocycles. The maximum atomic E-state index is 12.2. The lowest BCUT2D eigenvalue weighted by molar-refractivity contribution is -0.119. The summed E-state index contributed by atoms with van der Waals surface area (Å²) >= 11 is 1.68. The Bertz CT molecular complexity index is 686. The van der Waals surface area contributed by atoms with Gasteiger partial charge < -0.3 is 15.8 Å². The second-order valence-corrected chi connectivity index (χ2v) is 7.21. The summed E-state index contributed by atoms with van der Waals surface area (Å²) in [6.07, 6.45) is 2.62. The third-order valence-electron chi connectivity index (χ3n) is 4.26.